The third-order valence-electron chi connectivity index (χ3n) is 2.76. The smallest absolute Gasteiger partial charge is 0.269 e. The van der Waals surface area contributed by atoms with Crippen molar-refractivity contribution in [1.82, 2.24) is 20.4 Å². The van der Waals surface area contributed by atoms with Gasteiger partial charge >= 0.3 is 0 Å². The van der Waals surface area contributed by atoms with Crippen LogP contribution in [0.15, 0.2) is 29.2 Å². The number of hydrogen-bond donors (Lipinski definition) is 2. The van der Waals surface area contributed by atoms with Crippen LogP contribution in [0.2, 0.25) is 5.02 Å². The molecule has 0 aliphatic carbocycles. The lowest BCUT2D eigenvalue weighted by atomic mass is 10.1. The number of aromatic nitrogens is 4. The number of nitrogens with one attached hydrogen (secondary N) is 2. The first-order valence-electron chi connectivity index (χ1n) is 6.13. The van der Waals surface area contributed by atoms with Crippen LogP contribution in [0.4, 0.5) is 16.0 Å². The number of nitro groups is 1. The van der Waals surface area contributed by atoms with Gasteiger partial charge in [-0.1, -0.05) is 34.3 Å². The summed E-state index contributed by atoms with van der Waals surface area (Å²) in [4.78, 5) is 10.5. The Morgan fingerprint density at radius 2 is 1.74 bits per heavy atom. The Morgan fingerprint density at radius 3 is 2.22 bits per heavy atom. The SMILES string of the molecule is O=[N+]([O-])c1ccc(Cl)c(C(Nc2nncs2)Nc2nncs2)c1. The van der Waals surface area contributed by atoms with E-state index in [-0.39, 0.29) is 5.69 Å². The third kappa shape index (κ3) is 3.70. The van der Waals surface area contributed by atoms with Crippen molar-refractivity contribution in [2.45, 2.75) is 6.17 Å². The van der Waals surface area contributed by atoms with Crippen molar-refractivity contribution in [2.24, 2.45) is 0 Å². The van der Waals surface area contributed by atoms with Crippen molar-refractivity contribution in [2.75, 3.05) is 10.6 Å². The molecule has 0 aliphatic heterocycles. The Kier molecular flexibility index (Phi) is 4.60. The molecule has 2 N–H and O–H groups in total. The summed E-state index contributed by atoms with van der Waals surface area (Å²) in [6.45, 7) is 0. The summed E-state index contributed by atoms with van der Waals surface area (Å²) in [7, 11) is 0. The zero-order valence-corrected chi connectivity index (χ0v) is 13.6. The normalized spacial score (nSPS) is 10.7. The first-order chi connectivity index (χ1) is 11.1. The number of nitro benzene ring substituents is 1. The molecule has 0 saturated carbocycles. The van der Waals surface area contributed by atoms with Crippen molar-refractivity contribution in [1.29, 1.82) is 0 Å². The van der Waals surface area contributed by atoms with Crippen LogP contribution in [0.3, 0.4) is 0 Å². The molecule has 3 aromatic rings. The van der Waals surface area contributed by atoms with E-state index >= 15 is 0 Å². The van der Waals surface area contributed by atoms with E-state index in [1.54, 1.807) is 11.0 Å². The molecule has 9 nitrogen and oxygen atoms in total. The minimum Gasteiger partial charge on any atom is -0.336 e. The number of anilines is 2. The number of non-ortho nitro benzene ring substituents is 1. The van der Waals surface area contributed by atoms with Gasteiger partial charge in [0, 0.05) is 22.7 Å². The lowest BCUT2D eigenvalue weighted by Crippen LogP contribution is -2.20. The third-order valence-corrected chi connectivity index (χ3v) is 4.35. The zero-order chi connectivity index (χ0) is 16.2. The van der Waals surface area contributed by atoms with Crippen LogP contribution < -0.4 is 10.6 Å². The van der Waals surface area contributed by atoms with E-state index in [0.717, 1.165) is 0 Å². The highest BCUT2D eigenvalue weighted by atomic mass is 35.5. The van der Waals surface area contributed by atoms with Crippen molar-refractivity contribution >= 4 is 50.2 Å². The largest absolute Gasteiger partial charge is 0.336 e. The van der Waals surface area contributed by atoms with Crippen LogP contribution in [0.25, 0.3) is 0 Å². The summed E-state index contributed by atoms with van der Waals surface area (Å²) in [5, 5.41) is 33.9. The highest BCUT2D eigenvalue weighted by Crippen LogP contribution is 2.31. The quantitative estimate of drug-likeness (QED) is 0.386. The minimum absolute atomic E-state index is 0.0625. The monoisotopic (exact) mass is 369 g/mol. The van der Waals surface area contributed by atoms with Crippen LogP contribution in [0, 0.1) is 10.1 Å². The van der Waals surface area contributed by atoms with Crippen LogP contribution in [0.5, 0.6) is 0 Å². The van der Waals surface area contributed by atoms with Crippen molar-refractivity contribution in [3.8, 4) is 0 Å². The first kappa shape index (κ1) is 15.5. The fraction of sp³-hybridized carbons (Fsp3) is 0.0909. The number of benzene rings is 1. The van der Waals surface area contributed by atoms with Gasteiger partial charge in [0.2, 0.25) is 10.3 Å². The average Bonchev–Trinajstić information content (AvgIpc) is 3.20. The maximum atomic E-state index is 11.0. The molecule has 12 heteroatoms. The van der Waals surface area contributed by atoms with E-state index < -0.39 is 11.1 Å². The van der Waals surface area contributed by atoms with Gasteiger partial charge < -0.3 is 10.6 Å². The second kappa shape index (κ2) is 6.81. The molecule has 1 aromatic carbocycles. The topological polar surface area (TPSA) is 119 Å². The van der Waals surface area contributed by atoms with E-state index in [2.05, 4.69) is 31.0 Å². The molecule has 0 fully saturated rings. The summed E-state index contributed by atoms with van der Waals surface area (Å²) < 4.78 is 0. The number of halogens is 1. The highest BCUT2D eigenvalue weighted by molar-refractivity contribution is 7.13. The molecule has 2 aromatic heterocycles. The van der Waals surface area contributed by atoms with Crippen LogP contribution in [-0.4, -0.2) is 25.3 Å². The predicted octanol–water partition coefficient (Wildman–Crippen LogP) is 3.17. The summed E-state index contributed by atoms with van der Waals surface area (Å²) in [6, 6.07) is 4.22. The Morgan fingerprint density at radius 1 is 1.13 bits per heavy atom. The lowest BCUT2D eigenvalue weighted by molar-refractivity contribution is -0.384. The molecule has 3 rings (SSSR count). The van der Waals surface area contributed by atoms with Gasteiger partial charge in [-0.25, -0.2) is 0 Å². The highest BCUT2D eigenvalue weighted by Gasteiger charge is 2.20. The van der Waals surface area contributed by atoms with Gasteiger partial charge in [-0.2, -0.15) is 0 Å². The van der Waals surface area contributed by atoms with Crippen molar-refractivity contribution in [3.05, 3.63) is 49.9 Å². The summed E-state index contributed by atoms with van der Waals surface area (Å²) >= 11 is 8.79. The fourth-order valence-electron chi connectivity index (χ4n) is 1.78. The van der Waals surface area contributed by atoms with Gasteiger partial charge in [-0.05, 0) is 6.07 Å². The van der Waals surface area contributed by atoms with Gasteiger partial charge in [-0.15, -0.1) is 20.4 Å². The van der Waals surface area contributed by atoms with Gasteiger partial charge in [0.1, 0.15) is 17.2 Å². The van der Waals surface area contributed by atoms with Crippen LogP contribution in [-0.2, 0) is 0 Å². The molecule has 0 spiro atoms. The molecular weight excluding hydrogens is 362 g/mol. The molecule has 0 bridgehead atoms. The second-order valence-corrected chi connectivity index (χ2v) is 6.25. The predicted molar refractivity (Wildman–Crippen MR) is 87.9 cm³/mol. The zero-order valence-electron chi connectivity index (χ0n) is 11.2. The molecule has 118 valence electrons. The van der Waals surface area contributed by atoms with Crippen molar-refractivity contribution in [3.63, 3.8) is 0 Å². The minimum atomic E-state index is -0.580. The molecule has 0 amide bonds. The second-order valence-electron chi connectivity index (χ2n) is 4.17. The van der Waals surface area contributed by atoms with Crippen LogP contribution >= 0.6 is 34.3 Å². The molecular formula is C11H8ClN7O2S2. The average molecular weight is 370 g/mol. The van der Waals surface area contributed by atoms with Gasteiger partial charge in [0.25, 0.3) is 5.69 Å². The van der Waals surface area contributed by atoms with E-state index in [1.807, 2.05) is 0 Å². The Labute approximate surface area is 142 Å². The summed E-state index contributed by atoms with van der Waals surface area (Å²) in [5.74, 6) is 0. The van der Waals surface area contributed by atoms with Crippen molar-refractivity contribution < 1.29 is 4.92 Å². The van der Waals surface area contributed by atoms with Gasteiger partial charge in [0.15, 0.2) is 0 Å². The molecule has 0 radical (unpaired) electrons. The molecule has 2 heterocycles. The Hall–Kier alpha value is -2.37. The van der Waals surface area contributed by atoms with Gasteiger partial charge in [0.05, 0.1) is 4.92 Å². The fourth-order valence-corrected chi connectivity index (χ4v) is 2.95. The van der Waals surface area contributed by atoms with Gasteiger partial charge in [-0.3, -0.25) is 10.1 Å². The number of rotatable bonds is 6. The molecule has 0 saturated heterocycles. The Bertz CT molecular complexity index is 761. The molecule has 0 atom stereocenters. The first-order valence-corrected chi connectivity index (χ1v) is 8.26. The van der Waals surface area contributed by atoms with E-state index in [0.29, 0.717) is 20.8 Å². The summed E-state index contributed by atoms with van der Waals surface area (Å²) in [5.41, 5.74) is 3.57. The molecule has 0 aliphatic rings. The Balaban J connectivity index is 1.96. The number of nitrogens with zero attached hydrogens (tertiary/aromatic N) is 5. The summed E-state index contributed by atoms with van der Waals surface area (Å²) in [6.07, 6.45) is -0.580. The standard InChI is InChI=1S/C11H8ClN7O2S2/c12-8-2-1-6(19(20)21)3-7(8)9(15-10-17-13-4-22-10)16-11-18-14-5-23-11/h1-5,9H,(H,15,17)(H,16,18). The molecule has 0 unspecified atom stereocenters. The van der Waals surface area contributed by atoms with Crippen LogP contribution in [0.1, 0.15) is 11.7 Å². The maximum absolute atomic E-state index is 11.0. The molecule has 23 heavy (non-hydrogen) atoms. The maximum Gasteiger partial charge on any atom is 0.269 e. The van der Waals surface area contributed by atoms with E-state index in [9.17, 15) is 10.1 Å². The lowest BCUT2D eigenvalue weighted by Gasteiger charge is -2.20. The van der Waals surface area contributed by atoms with E-state index in [1.165, 1.54) is 40.9 Å². The number of hydrogen-bond acceptors (Lipinski definition) is 10. The van der Waals surface area contributed by atoms with E-state index in [4.69, 9.17) is 11.6 Å².